The van der Waals surface area contributed by atoms with Crippen molar-refractivity contribution in [2.45, 2.75) is 266 Å². The van der Waals surface area contributed by atoms with Crippen LogP contribution < -0.4 is 0 Å². The topological polar surface area (TPSA) is 105 Å². The first-order valence-electron chi connectivity index (χ1n) is 29.8. The Morgan fingerprint density at radius 3 is 1.18 bits per heavy atom. The molecule has 0 radical (unpaired) electrons. The molecule has 0 aliphatic heterocycles. The van der Waals surface area contributed by atoms with Crippen LogP contribution in [-0.4, -0.2) is 46.3 Å². The van der Waals surface area contributed by atoms with Gasteiger partial charge in [0.25, 0.3) is 0 Å². The van der Waals surface area contributed by atoms with Crippen LogP contribution in [-0.2, 0) is 38.1 Å². The van der Waals surface area contributed by atoms with Gasteiger partial charge in [-0.3, -0.25) is 0 Å². The van der Waals surface area contributed by atoms with Gasteiger partial charge >= 0.3 is 23.9 Å². The molecule has 0 saturated heterocycles. The Hall–Kier alpha value is -3.16. The fourth-order valence-electron chi connectivity index (χ4n) is 17.9. The van der Waals surface area contributed by atoms with Crippen LogP contribution in [0.5, 0.6) is 0 Å². The van der Waals surface area contributed by atoms with Crippen LogP contribution in [0.4, 0.5) is 0 Å². The van der Waals surface area contributed by atoms with E-state index < -0.39 is 0 Å². The molecule has 412 valence electrons. The Balaban J connectivity index is 0.000000160. The summed E-state index contributed by atoms with van der Waals surface area (Å²) in [4.78, 5) is 47.6. The number of fused-ring (bicyclic) bond motifs is 2. The van der Waals surface area contributed by atoms with Crippen LogP contribution in [0.25, 0.3) is 0 Å². The number of hydrogen-bond donors (Lipinski definition) is 0. The maximum atomic E-state index is 12.2. The van der Waals surface area contributed by atoms with E-state index in [-0.39, 0.29) is 57.1 Å². The molecule has 0 aromatic carbocycles. The average Bonchev–Trinajstić information content (AvgIpc) is 3.97. The summed E-state index contributed by atoms with van der Waals surface area (Å²) in [5, 5.41) is 0. The molecular weight excluding hydrogens is 909 g/mol. The number of carbonyl (C=O) groups is 4. The zero-order chi connectivity index (χ0) is 53.9. The van der Waals surface area contributed by atoms with Crippen molar-refractivity contribution in [2.24, 2.45) is 70.0 Å². The van der Waals surface area contributed by atoms with Crippen LogP contribution in [0, 0.1) is 70.0 Å². The van der Waals surface area contributed by atoms with Crippen molar-refractivity contribution >= 4 is 23.9 Å². The van der Waals surface area contributed by atoms with Crippen molar-refractivity contribution in [3.8, 4) is 0 Å². The third-order valence-corrected chi connectivity index (χ3v) is 21.3. The number of hydrogen-bond acceptors (Lipinski definition) is 8. The van der Waals surface area contributed by atoms with Gasteiger partial charge in [0.2, 0.25) is 0 Å². The molecule has 73 heavy (non-hydrogen) atoms. The van der Waals surface area contributed by atoms with Gasteiger partial charge in [-0.05, 0) is 243 Å². The Morgan fingerprint density at radius 1 is 0.438 bits per heavy atom. The highest BCUT2D eigenvalue weighted by molar-refractivity contribution is 5.88. The molecule has 0 aromatic rings. The highest BCUT2D eigenvalue weighted by atomic mass is 16.6. The first kappa shape index (κ1) is 59.1. The van der Waals surface area contributed by atoms with Gasteiger partial charge in [-0.1, -0.05) is 79.7 Å². The van der Waals surface area contributed by atoms with E-state index in [1.54, 1.807) is 27.7 Å². The highest BCUT2D eigenvalue weighted by Crippen LogP contribution is 2.67. The molecule has 8 nitrogen and oxygen atoms in total. The molecule has 11 fully saturated rings. The third-order valence-electron chi connectivity index (χ3n) is 21.3. The van der Waals surface area contributed by atoms with E-state index in [0.717, 1.165) is 73.0 Å². The molecule has 0 aromatic heterocycles. The molecule has 0 heterocycles. The van der Waals surface area contributed by atoms with Crippen molar-refractivity contribution < 1.29 is 38.1 Å². The van der Waals surface area contributed by atoms with Crippen LogP contribution >= 0.6 is 0 Å². The quantitative estimate of drug-likeness (QED) is 0.0855. The largest absolute Gasteiger partial charge is 0.456 e. The van der Waals surface area contributed by atoms with Gasteiger partial charge in [-0.2, -0.15) is 0 Å². The lowest BCUT2D eigenvalue weighted by molar-refractivity contribution is -0.208. The maximum Gasteiger partial charge on any atom is 0.333 e. The summed E-state index contributed by atoms with van der Waals surface area (Å²) in [7, 11) is 0. The van der Waals surface area contributed by atoms with E-state index in [2.05, 4.69) is 81.7 Å². The monoisotopic (exact) mass is 1010 g/mol. The molecular formula is C65H104O8. The predicted octanol–water partition coefficient (Wildman–Crippen LogP) is 16.5. The summed E-state index contributed by atoms with van der Waals surface area (Å²) in [5.74, 6) is 7.19. The van der Waals surface area contributed by atoms with Crippen molar-refractivity contribution in [2.75, 3.05) is 0 Å². The third kappa shape index (κ3) is 13.0. The molecule has 0 amide bonds. The molecule has 11 saturated carbocycles. The highest BCUT2D eigenvalue weighted by Gasteiger charge is 2.62. The van der Waals surface area contributed by atoms with Gasteiger partial charge in [0, 0.05) is 39.0 Å². The van der Waals surface area contributed by atoms with Crippen LogP contribution in [0.2, 0.25) is 0 Å². The molecule has 11 aliphatic rings. The van der Waals surface area contributed by atoms with Crippen LogP contribution in [0.3, 0.4) is 0 Å². The maximum absolute atomic E-state index is 12.2. The van der Waals surface area contributed by atoms with E-state index in [0.29, 0.717) is 34.1 Å². The predicted molar refractivity (Wildman–Crippen MR) is 295 cm³/mol. The molecule has 3 unspecified atom stereocenters. The summed E-state index contributed by atoms with van der Waals surface area (Å²) in [6.45, 7) is 38.8. The van der Waals surface area contributed by atoms with E-state index >= 15 is 0 Å². The Morgan fingerprint density at radius 2 is 0.822 bits per heavy atom. The van der Waals surface area contributed by atoms with E-state index in [9.17, 15) is 19.2 Å². The normalized spacial score (nSPS) is 32.6. The molecule has 11 rings (SSSR count). The van der Waals surface area contributed by atoms with Crippen molar-refractivity contribution in [3.05, 3.63) is 48.6 Å². The number of carbonyl (C=O) groups excluding carboxylic acids is 4. The van der Waals surface area contributed by atoms with E-state index in [1.165, 1.54) is 135 Å². The minimum Gasteiger partial charge on any atom is -0.456 e. The second-order valence-corrected chi connectivity index (χ2v) is 27.3. The molecule has 11 aliphatic carbocycles. The first-order chi connectivity index (χ1) is 34.2. The fraction of sp³-hybridized carbons (Fsp3) is 0.815. The van der Waals surface area contributed by atoms with Gasteiger partial charge in [0.05, 0.1) is 0 Å². The molecule has 0 spiro atoms. The Kier molecular flexibility index (Phi) is 19.1. The minimum absolute atomic E-state index is 0.186. The van der Waals surface area contributed by atoms with Gasteiger partial charge in [-0.25, -0.2) is 19.2 Å². The minimum atomic E-state index is -0.348. The summed E-state index contributed by atoms with van der Waals surface area (Å²) < 4.78 is 23.4. The van der Waals surface area contributed by atoms with Gasteiger partial charge < -0.3 is 18.9 Å². The zero-order valence-electron chi connectivity index (χ0n) is 48.5. The van der Waals surface area contributed by atoms with E-state index in [4.69, 9.17) is 18.9 Å². The Labute approximate surface area is 444 Å². The summed E-state index contributed by atoms with van der Waals surface area (Å²) in [6.07, 6.45) is 31.4. The SMILES string of the molecule is C=C(C)C(=O)OC(C)(C)C12CC3CC(CC(C3)C1)C2.C=C(C)C(=O)OC(C)(C)C1CC2CCC1C2.C=C(C)C(=O)OC(CC)(CC)C12CC3CC(CC(C3)C1)C2.C=C(C)C(=O)OC(CC)(CC)C1CCCCC1. The number of ether oxygens (including phenoxy) is 4. The molecule has 10 bridgehead atoms. The second kappa shape index (κ2) is 23.6. The lowest BCUT2D eigenvalue weighted by atomic mass is 9.44. The smallest absolute Gasteiger partial charge is 0.333 e. The van der Waals surface area contributed by atoms with Crippen molar-refractivity contribution in [1.82, 2.24) is 0 Å². The number of esters is 4. The van der Waals surface area contributed by atoms with Crippen molar-refractivity contribution in [1.29, 1.82) is 0 Å². The molecule has 8 heteroatoms. The summed E-state index contributed by atoms with van der Waals surface area (Å²) in [6, 6.07) is 0. The van der Waals surface area contributed by atoms with Gasteiger partial charge in [-0.15, -0.1) is 0 Å². The zero-order valence-corrected chi connectivity index (χ0v) is 48.5. The van der Waals surface area contributed by atoms with E-state index in [1.807, 2.05) is 0 Å². The van der Waals surface area contributed by atoms with Gasteiger partial charge in [0.15, 0.2) is 0 Å². The fourth-order valence-corrected chi connectivity index (χ4v) is 17.9. The van der Waals surface area contributed by atoms with Crippen LogP contribution in [0.1, 0.15) is 244 Å². The van der Waals surface area contributed by atoms with Crippen molar-refractivity contribution in [3.63, 3.8) is 0 Å². The lowest BCUT2D eigenvalue weighted by Crippen LogP contribution is -2.59. The summed E-state index contributed by atoms with van der Waals surface area (Å²) in [5.41, 5.74) is 1.33. The first-order valence-corrected chi connectivity index (χ1v) is 29.8. The molecule has 0 N–H and O–H groups in total. The molecule has 3 atom stereocenters. The Bertz CT molecular complexity index is 1950. The van der Waals surface area contributed by atoms with Gasteiger partial charge in [0.1, 0.15) is 22.4 Å². The lowest BCUT2D eigenvalue weighted by Gasteiger charge is -2.63. The summed E-state index contributed by atoms with van der Waals surface area (Å²) >= 11 is 0. The second-order valence-electron chi connectivity index (χ2n) is 27.3. The standard InChI is InChI=1S/C19H30O2.C17H26O2.C15H26O2.C14H22O2/c1-5-19(6-2,21-17(20)13(3)4)18-10-14-7-15(11-18)9-16(8-14)12-18;1-11(2)15(18)19-16(3,4)17-8-12-5-13(9-17)7-14(6-12)10-17;1-5-15(6-2,17-14(16)12(3)4)13-10-8-7-9-11-13;1-9(2)13(15)16-14(3,4)12-8-10-5-6-11(12)7-10/h14-16H,3,5-12H2,1-2,4H3;12-14H,1,5-10H2,2-4H3;13H,3,5-11H2,1-2,4H3;10-12H,1,5-8H2,2-4H3. The average molecular weight is 1010 g/mol. The van der Waals surface area contributed by atoms with Crippen LogP contribution in [0.15, 0.2) is 48.6 Å². The number of rotatable bonds is 16.